The van der Waals surface area contributed by atoms with Gasteiger partial charge in [-0.1, -0.05) is 54.6 Å². The highest BCUT2D eigenvalue weighted by Crippen LogP contribution is 2.25. The Kier molecular flexibility index (Phi) is 6.10. The molecule has 27 heavy (non-hydrogen) atoms. The molecule has 3 rings (SSSR count). The largest absolute Gasteiger partial charge is 0.495 e. The van der Waals surface area contributed by atoms with E-state index in [0.29, 0.717) is 17.2 Å². The number of nitrogens with one attached hydrogen (secondary N) is 1. The van der Waals surface area contributed by atoms with Gasteiger partial charge in [0.15, 0.2) is 6.61 Å². The fourth-order valence-corrected chi connectivity index (χ4v) is 2.86. The molecule has 0 saturated carbocycles. The summed E-state index contributed by atoms with van der Waals surface area (Å²) in [6.45, 7) is 1.90. The lowest BCUT2D eigenvalue weighted by Gasteiger charge is -2.13. The highest BCUT2D eigenvalue weighted by atomic mass is 16.5. The molecular weight excluding hydrogens is 338 g/mol. The highest BCUT2D eigenvalue weighted by molar-refractivity contribution is 5.93. The van der Waals surface area contributed by atoms with Crippen molar-refractivity contribution in [1.29, 1.82) is 0 Å². The van der Waals surface area contributed by atoms with E-state index >= 15 is 0 Å². The van der Waals surface area contributed by atoms with Crippen LogP contribution in [0.25, 0.3) is 0 Å². The number of anilines is 1. The van der Waals surface area contributed by atoms with E-state index in [1.54, 1.807) is 7.11 Å². The van der Waals surface area contributed by atoms with Gasteiger partial charge in [-0.2, -0.15) is 0 Å². The van der Waals surface area contributed by atoms with E-state index in [-0.39, 0.29) is 12.5 Å². The first-order valence-corrected chi connectivity index (χ1v) is 8.85. The van der Waals surface area contributed by atoms with Gasteiger partial charge in [-0.3, -0.25) is 4.79 Å². The minimum absolute atomic E-state index is 0.0666. The summed E-state index contributed by atoms with van der Waals surface area (Å²) in [6.07, 6.45) is 0.754. The van der Waals surface area contributed by atoms with Crippen LogP contribution in [0, 0.1) is 6.92 Å². The fraction of sp³-hybridized carbons (Fsp3) is 0.174. The van der Waals surface area contributed by atoms with Gasteiger partial charge in [0.05, 0.1) is 12.8 Å². The molecule has 0 fully saturated rings. The summed E-state index contributed by atoms with van der Waals surface area (Å²) in [7, 11) is 1.58. The van der Waals surface area contributed by atoms with Gasteiger partial charge in [0.1, 0.15) is 11.5 Å². The van der Waals surface area contributed by atoms with Gasteiger partial charge in [-0.05, 0) is 41.8 Å². The first-order valence-electron chi connectivity index (χ1n) is 8.85. The maximum atomic E-state index is 12.3. The van der Waals surface area contributed by atoms with Gasteiger partial charge in [-0.15, -0.1) is 0 Å². The molecule has 0 heterocycles. The molecule has 0 aliphatic rings. The number of para-hydroxylation sites is 1. The van der Waals surface area contributed by atoms with Crippen molar-refractivity contribution in [3.05, 3.63) is 89.5 Å². The lowest BCUT2D eigenvalue weighted by Crippen LogP contribution is -2.21. The van der Waals surface area contributed by atoms with Gasteiger partial charge >= 0.3 is 0 Å². The summed E-state index contributed by atoms with van der Waals surface area (Å²) in [5.41, 5.74) is 3.93. The molecule has 0 atom stereocenters. The molecule has 0 radical (unpaired) electrons. The molecule has 3 aromatic carbocycles. The Morgan fingerprint density at radius 1 is 0.926 bits per heavy atom. The number of ether oxygens (including phenoxy) is 2. The molecule has 1 amide bonds. The lowest BCUT2D eigenvalue weighted by molar-refractivity contribution is -0.118. The first kappa shape index (κ1) is 18.5. The number of benzene rings is 3. The van der Waals surface area contributed by atoms with Crippen LogP contribution in [-0.4, -0.2) is 19.6 Å². The molecule has 3 aromatic rings. The van der Waals surface area contributed by atoms with Crippen molar-refractivity contribution >= 4 is 11.6 Å². The number of hydrogen-bond acceptors (Lipinski definition) is 3. The summed E-state index contributed by atoms with van der Waals surface area (Å²) in [5, 5.41) is 2.85. The second-order valence-electron chi connectivity index (χ2n) is 6.31. The average Bonchev–Trinajstić information content (AvgIpc) is 2.68. The molecule has 0 spiro atoms. The molecule has 0 unspecified atom stereocenters. The fourth-order valence-electron chi connectivity index (χ4n) is 2.86. The van der Waals surface area contributed by atoms with E-state index < -0.39 is 0 Å². The molecule has 0 saturated heterocycles. The van der Waals surface area contributed by atoms with E-state index in [1.807, 2.05) is 67.6 Å². The summed E-state index contributed by atoms with van der Waals surface area (Å²) in [4.78, 5) is 12.3. The Labute approximate surface area is 159 Å². The minimum Gasteiger partial charge on any atom is -0.495 e. The normalized spacial score (nSPS) is 10.3. The molecule has 4 heteroatoms. The van der Waals surface area contributed by atoms with Gasteiger partial charge in [0, 0.05) is 6.42 Å². The standard InChI is InChI=1S/C23H23NO3/c1-17-12-13-22(26-2)20(14-17)24-23(25)16-27-21-11-7-6-10-19(21)15-18-8-4-3-5-9-18/h3-14H,15-16H2,1-2H3,(H,24,25). The molecule has 1 N–H and O–H groups in total. The van der Waals surface area contributed by atoms with Crippen molar-refractivity contribution in [2.75, 3.05) is 19.0 Å². The van der Waals surface area contributed by atoms with E-state index in [2.05, 4.69) is 17.4 Å². The second kappa shape index (κ2) is 8.90. The monoisotopic (exact) mass is 361 g/mol. The Morgan fingerprint density at radius 3 is 2.44 bits per heavy atom. The summed E-state index contributed by atoms with van der Waals surface area (Å²) in [6, 6.07) is 23.6. The van der Waals surface area contributed by atoms with Crippen LogP contribution < -0.4 is 14.8 Å². The SMILES string of the molecule is COc1ccc(C)cc1NC(=O)COc1ccccc1Cc1ccccc1. The lowest BCUT2D eigenvalue weighted by atomic mass is 10.0. The van der Waals surface area contributed by atoms with Gasteiger partial charge in [-0.25, -0.2) is 0 Å². The number of amides is 1. The molecule has 0 bridgehead atoms. The molecule has 138 valence electrons. The van der Waals surface area contributed by atoms with E-state index in [9.17, 15) is 4.79 Å². The molecule has 0 aliphatic carbocycles. The van der Waals surface area contributed by atoms with Crippen molar-refractivity contribution < 1.29 is 14.3 Å². The Bertz CT molecular complexity index is 907. The van der Waals surface area contributed by atoms with Crippen LogP contribution in [0.3, 0.4) is 0 Å². The van der Waals surface area contributed by atoms with Crippen molar-refractivity contribution in [2.45, 2.75) is 13.3 Å². The van der Waals surface area contributed by atoms with Crippen LogP contribution in [0.1, 0.15) is 16.7 Å². The van der Waals surface area contributed by atoms with Gasteiger partial charge < -0.3 is 14.8 Å². The van der Waals surface area contributed by atoms with Gasteiger partial charge in [0.2, 0.25) is 0 Å². The number of carbonyl (C=O) groups is 1. The summed E-state index contributed by atoms with van der Waals surface area (Å²) in [5.74, 6) is 1.11. The quantitative estimate of drug-likeness (QED) is 0.668. The maximum absolute atomic E-state index is 12.3. The molecular formula is C23H23NO3. The maximum Gasteiger partial charge on any atom is 0.262 e. The van der Waals surface area contributed by atoms with Crippen molar-refractivity contribution in [1.82, 2.24) is 0 Å². The first-order chi connectivity index (χ1) is 13.2. The van der Waals surface area contributed by atoms with Crippen molar-refractivity contribution in [2.24, 2.45) is 0 Å². The zero-order valence-electron chi connectivity index (χ0n) is 15.6. The van der Waals surface area contributed by atoms with E-state index in [1.165, 1.54) is 5.56 Å². The third-order valence-corrected chi connectivity index (χ3v) is 4.20. The van der Waals surface area contributed by atoms with Crippen molar-refractivity contribution in [3.63, 3.8) is 0 Å². The van der Waals surface area contributed by atoms with Crippen LogP contribution in [0.4, 0.5) is 5.69 Å². The smallest absolute Gasteiger partial charge is 0.262 e. The molecule has 0 aliphatic heterocycles. The summed E-state index contributed by atoms with van der Waals surface area (Å²) >= 11 is 0. The zero-order valence-corrected chi connectivity index (χ0v) is 15.6. The van der Waals surface area contributed by atoms with Crippen LogP contribution in [0.15, 0.2) is 72.8 Å². The zero-order chi connectivity index (χ0) is 19.1. The van der Waals surface area contributed by atoms with E-state index in [4.69, 9.17) is 9.47 Å². The van der Waals surface area contributed by atoms with Crippen LogP contribution >= 0.6 is 0 Å². The molecule has 0 aromatic heterocycles. The average molecular weight is 361 g/mol. The summed E-state index contributed by atoms with van der Waals surface area (Å²) < 4.78 is 11.1. The predicted octanol–water partition coefficient (Wildman–Crippen LogP) is 4.61. The topological polar surface area (TPSA) is 47.6 Å². The van der Waals surface area contributed by atoms with Gasteiger partial charge in [0.25, 0.3) is 5.91 Å². The van der Waals surface area contributed by atoms with Crippen LogP contribution in [0.2, 0.25) is 0 Å². The van der Waals surface area contributed by atoms with Crippen molar-refractivity contribution in [3.8, 4) is 11.5 Å². The molecule has 4 nitrogen and oxygen atoms in total. The Balaban J connectivity index is 1.65. The third-order valence-electron chi connectivity index (χ3n) is 4.20. The Morgan fingerprint density at radius 2 is 1.67 bits per heavy atom. The number of hydrogen-bond donors (Lipinski definition) is 1. The number of rotatable bonds is 7. The predicted molar refractivity (Wildman–Crippen MR) is 108 cm³/mol. The van der Waals surface area contributed by atoms with Crippen LogP contribution in [0.5, 0.6) is 11.5 Å². The number of carbonyl (C=O) groups excluding carboxylic acids is 1. The van der Waals surface area contributed by atoms with E-state index in [0.717, 1.165) is 17.5 Å². The second-order valence-corrected chi connectivity index (χ2v) is 6.31. The Hall–Kier alpha value is -3.27. The number of methoxy groups -OCH3 is 1. The number of aryl methyl sites for hydroxylation is 1. The third kappa shape index (κ3) is 5.11. The minimum atomic E-state index is -0.228. The highest BCUT2D eigenvalue weighted by Gasteiger charge is 2.10. The van der Waals surface area contributed by atoms with Crippen LogP contribution in [-0.2, 0) is 11.2 Å².